The maximum atomic E-state index is 12.6. The third kappa shape index (κ3) is 4.14. The van der Waals surface area contributed by atoms with Crippen molar-refractivity contribution in [3.63, 3.8) is 0 Å². The number of nitrogens with one attached hydrogen (secondary N) is 1. The van der Waals surface area contributed by atoms with E-state index in [-0.39, 0.29) is 5.91 Å². The van der Waals surface area contributed by atoms with Crippen molar-refractivity contribution < 1.29 is 19.5 Å². The van der Waals surface area contributed by atoms with Crippen molar-refractivity contribution in [2.45, 2.75) is 38.6 Å². The van der Waals surface area contributed by atoms with Gasteiger partial charge in [0.2, 0.25) is 11.8 Å². The molecule has 0 bridgehead atoms. The molecule has 0 radical (unpaired) electrons. The Kier molecular flexibility index (Phi) is 6.36. The van der Waals surface area contributed by atoms with Gasteiger partial charge in [-0.3, -0.25) is 9.59 Å². The van der Waals surface area contributed by atoms with Gasteiger partial charge in [-0.15, -0.1) is 0 Å². The molecule has 2 amide bonds. The second-order valence-corrected chi connectivity index (χ2v) is 6.68. The molecule has 0 spiro atoms. The van der Waals surface area contributed by atoms with Gasteiger partial charge in [0.15, 0.2) is 0 Å². The van der Waals surface area contributed by atoms with Gasteiger partial charge in [-0.25, -0.2) is 4.79 Å². The maximum Gasteiger partial charge on any atom is 0.326 e. The number of hydrogen-bond donors (Lipinski definition) is 2. The number of carboxylic acids is 1. The molecular formula is C17H21BrN2O4. The van der Waals surface area contributed by atoms with E-state index in [1.807, 2.05) is 31.2 Å². The summed E-state index contributed by atoms with van der Waals surface area (Å²) in [6, 6.07) is 6.38. The highest BCUT2D eigenvalue weighted by Crippen LogP contribution is 2.31. The molecule has 1 aromatic rings. The smallest absolute Gasteiger partial charge is 0.326 e. The zero-order chi connectivity index (χ0) is 17.7. The first-order chi connectivity index (χ1) is 11.5. The predicted molar refractivity (Wildman–Crippen MR) is 93.7 cm³/mol. The number of aliphatic carboxylic acids is 1. The molecular weight excluding hydrogens is 376 g/mol. The summed E-state index contributed by atoms with van der Waals surface area (Å²) in [6.07, 6.45) is 2.30. The summed E-state index contributed by atoms with van der Waals surface area (Å²) in [4.78, 5) is 37.7. The van der Waals surface area contributed by atoms with Crippen molar-refractivity contribution in [3.8, 4) is 0 Å². The number of benzene rings is 1. The van der Waals surface area contributed by atoms with Gasteiger partial charge in [-0.2, -0.15) is 0 Å². The van der Waals surface area contributed by atoms with Crippen LogP contribution >= 0.6 is 15.9 Å². The van der Waals surface area contributed by atoms with E-state index in [0.29, 0.717) is 25.8 Å². The minimum Gasteiger partial charge on any atom is -0.480 e. The van der Waals surface area contributed by atoms with E-state index >= 15 is 0 Å². The molecule has 0 aliphatic carbocycles. The summed E-state index contributed by atoms with van der Waals surface area (Å²) >= 11 is 3.41. The van der Waals surface area contributed by atoms with Gasteiger partial charge in [0.1, 0.15) is 12.0 Å². The van der Waals surface area contributed by atoms with Crippen molar-refractivity contribution >= 4 is 39.4 Å². The number of rotatable bonds is 7. The summed E-state index contributed by atoms with van der Waals surface area (Å²) in [5, 5.41) is 11.7. The van der Waals surface area contributed by atoms with Crippen molar-refractivity contribution in [2.75, 3.05) is 11.4 Å². The quantitative estimate of drug-likeness (QED) is 0.693. The molecule has 1 fully saturated rings. The Hall–Kier alpha value is -1.89. The first kappa shape index (κ1) is 18.4. The molecule has 0 aromatic heterocycles. The van der Waals surface area contributed by atoms with Crippen LogP contribution in [0, 0.1) is 5.92 Å². The maximum absolute atomic E-state index is 12.6. The fourth-order valence-electron chi connectivity index (χ4n) is 2.77. The van der Waals surface area contributed by atoms with Crippen LogP contribution in [0.2, 0.25) is 0 Å². The van der Waals surface area contributed by atoms with Crippen molar-refractivity contribution in [2.24, 2.45) is 5.92 Å². The molecule has 2 atom stereocenters. The molecule has 130 valence electrons. The predicted octanol–water partition coefficient (Wildman–Crippen LogP) is 2.56. The number of hydrogen-bond acceptors (Lipinski definition) is 3. The lowest BCUT2D eigenvalue weighted by atomic mass is 10.1. The highest BCUT2D eigenvalue weighted by atomic mass is 79.9. The Bertz CT molecular complexity index is 635. The number of carbonyl (C=O) groups excluding carboxylic acids is 2. The fraction of sp³-hybridized carbons (Fsp3) is 0.471. The minimum atomic E-state index is -1.06. The van der Waals surface area contributed by atoms with Crippen molar-refractivity contribution in [1.82, 2.24) is 5.32 Å². The molecule has 6 nitrogen and oxygen atoms in total. The number of nitrogens with zero attached hydrogens (tertiary/aromatic N) is 1. The van der Waals surface area contributed by atoms with Crippen LogP contribution < -0.4 is 10.2 Å². The Labute approximate surface area is 149 Å². The zero-order valence-corrected chi connectivity index (χ0v) is 15.1. The van der Waals surface area contributed by atoms with Crippen LogP contribution in [0.25, 0.3) is 0 Å². The third-order valence-electron chi connectivity index (χ3n) is 4.13. The first-order valence-corrected chi connectivity index (χ1v) is 8.84. The Morgan fingerprint density at radius 3 is 2.75 bits per heavy atom. The normalized spacial score (nSPS) is 18.5. The molecule has 1 aliphatic rings. The number of carboxylic acid groups (broad SMARTS) is 1. The van der Waals surface area contributed by atoms with E-state index in [1.54, 1.807) is 4.90 Å². The second-order valence-electron chi connectivity index (χ2n) is 5.82. The van der Waals surface area contributed by atoms with Crippen LogP contribution in [0.15, 0.2) is 28.7 Å². The van der Waals surface area contributed by atoms with E-state index in [1.165, 1.54) is 0 Å². The third-order valence-corrected chi connectivity index (χ3v) is 4.80. The summed E-state index contributed by atoms with van der Waals surface area (Å²) in [5.74, 6) is -2.69. The first-order valence-electron chi connectivity index (χ1n) is 8.04. The van der Waals surface area contributed by atoms with Crippen LogP contribution in [-0.4, -0.2) is 35.5 Å². The van der Waals surface area contributed by atoms with Crippen LogP contribution in [-0.2, 0) is 14.4 Å². The van der Waals surface area contributed by atoms with Gasteiger partial charge < -0.3 is 15.3 Å². The summed E-state index contributed by atoms with van der Waals surface area (Å²) in [6.45, 7) is 2.39. The standard InChI is InChI=1S/C17H21BrN2O4/c1-2-3-7-13(17(23)24)19-15(21)11-9-10-20(16(11)22)14-8-5-4-6-12(14)18/h4-6,8,11,13H,2-3,7,9-10H2,1H3,(H,19,21)(H,23,24)/t11?,13-/m0/s1. The number of halogens is 1. The van der Waals surface area contributed by atoms with E-state index < -0.39 is 23.8 Å². The van der Waals surface area contributed by atoms with E-state index in [4.69, 9.17) is 0 Å². The summed E-state index contributed by atoms with van der Waals surface area (Å²) in [5.41, 5.74) is 0.721. The average Bonchev–Trinajstić information content (AvgIpc) is 2.93. The fourth-order valence-corrected chi connectivity index (χ4v) is 3.27. The largest absolute Gasteiger partial charge is 0.480 e. The lowest BCUT2D eigenvalue weighted by Crippen LogP contribution is -2.45. The molecule has 1 aromatic carbocycles. The highest BCUT2D eigenvalue weighted by Gasteiger charge is 2.39. The average molecular weight is 397 g/mol. The summed E-state index contributed by atoms with van der Waals surface area (Å²) in [7, 11) is 0. The van der Waals surface area contributed by atoms with Gasteiger partial charge in [0, 0.05) is 11.0 Å². The molecule has 2 rings (SSSR count). The number of amides is 2. The molecule has 0 saturated carbocycles. The lowest BCUT2D eigenvalue weighted by molar-refractivity contribution is -0.143. The van der Waals surface area contributed by atoms with Gasteiger partial charge in [-0.1, -0.05) is 31.9 Å². The number of para-hydroxylation sites is 1. The van der Waals surface area contributed by atoms with Crippen LogP contribution in [0.1, 0.15) is 32.6 Å². The van der Waals surface area contributed by atoms with E-state index in [2.05, 4.69) is 21.2 Å². The molecule has 24 heavy (non-hydrogen) atoms. The molecule has 7 heteroatoms. The molecule has 1 aliphatic heterocycles. The Morgan fingerprint density at radius 1 is 1.42 bits per heavy atom. The lowest BCUT2D eigenvalue weighted by Gasteiger charge is -2.19. The molecule has 1 unspecified atom stereocenters. The number of anilines is 1. The van der Waals surface area contributed by atoms with Gasteiger partial charge >= 0.3 is 5.97 Å². The van der Waals surface area contributed by atoms with Crippen LogP contribution in [0.5, 0.6) is 0 Å². The summed E-state index contributed by atoms with van der Waals surface area (Å²) < 4.78 is 0.783. The van der Waals surface area contributed by atoms with E-state index in [0.717, 1.165) is 16.6 Å². The molecule has 1 saturated heterocycles. The van der Waals surface area contributed by atoms with Crippen LogP contribution in [0.4, 0.5) is 5.69 Å². The van der Waals surface area contributed by atoms with Gasteiger partial charge in [-0.05, 0) is 40.9 Å². The topological polar surface area (TPSA) is 86.7 Å². The SMILES string of the molecule is CCCC[C@H](NC(=O)C1CCN(c2ccccc2Br)C1=O)C(=O)O. The second kappa shape index (κ2) is 8.28. The van der Waals surface area contributed by atoms with Gasteiger partial charge in [0.05, 0.1) is 5.69 Å². The zero-order valence-electron chi connectivity index (χ0n) is 13.5. The number of carbonyl (C=O) groups is 3. The number of unbranched alkanes of at least 4 members (excludes halogenated alkanes) is 1. The Balaban J connectivity index is 2.05. The van der Waals surface area contributed by atoms with Gasteiger partial charge in [0.25, 0.3) is 0 Å². The Morgan fingerprint density at radius 2 is 2.12 bits per heavy atom. The highest BCUT2D eigenvalue weighted by molar-refractivity contribution is 9.10. The van der Waals surface area contributed by atoms with Crippen molar-refractivity contribution in [1.29, 1.82) is 0 Å². The van der Waals surface area contributed by atoms with E-state index in [9.17, 15) is 19.5 Å². The van der Waals surface area contributed by atoms with Crippen molar-refractivity contribution in [3.05, 3.63) is 28.7 Å². The monoisotopic (exact) mass is 396 g/mol. The molecule has 2 N–H and O–H groups in total. The van der Waals surface area contributed by atoms with Crippen LogP contribution in [0.3, 0.4) is 0 Å². The minimum absolute atomic E-state index is 0.293. The molecule has 1 heterocycles.